The van der Waals surface area contributed by atoms with Crippen LogP contribution in [0.4, 0.5) is 13.2 Å². The number of benzene rings is 1. The maximum Gasteiger partial charge on any atom is 0.323 e. The molecule has 0 bridgehead atoms. The molecule has 4 nitrogen and oxygen atoms in total. The summed E-state index contributed by atoms with van der Waals surface area (Å²) in [7, 11) is 0. The van der Waals surface area contributed by atoms with E-state index in [2.05, 4.69) is 0 Å². The molecule has 0 aliphatic carbocycles. The van der Waals surface area contributed by atoms with Gasteiger partial charge in [0.1, 0.15) is 6.54 Å². The molecule has 1 unspecified atom stereocenters. The molecule has 1 amide bonds. The van der Waals surface area contributed by atoms with E-state index in [9.17, 15) is 22.8 Å². The number of piperidine rings is 1. The van der Waals surface area contributed by atoms with E-state index in [-0.39, 0.29) is 12.0 Å². The molecular weight excluding hydrogens is 299 g/mol. The van der Waals surface area contributed by atoms with Crippen LogP contribution in [-0.2, 0) is 9.59 Å². The van der Waals surface area contributed by atoms with Crippen molar-refractivity contribution in [2.45, 2.75) is 32.7 Å². The highest BCUT2D eigenvalue weighted by Crippen LogP contribution is 2.41. The molecule has 1 saturated heterocycles. The lowest BCUT2D eigenvalue weighted by Gasteiger charge is -2.42. The van der Waals surface area contributed by atoms with Crippen molar-refractivity contribution < 1.29 is 27.9 Å². The summed E-state index contributed by atoms with van der Waals surface area (Å²) >= 11 is 0. The average Bonchev–Trinajstić information content (AvgIpc) is 2.43. The molecule has 7 heteroatoms. The number of carboxylic acids is 1. The summed E-state index contributed by atoms with van der Waals surface area (Å²) in [6.45, 7) is 2.72. The van der Waals surface area contributed by atoms with Gasteiger partial charge in [0, 0.05) is 11.0 Å². The zero-order chi connectivity index (χ0) is 16.7. The van der Waals surface area contributed by atoms with E-state index in [0.29, 0.717) is 6.42 Å². The summed E-state index contributed by atoms with van der Waals surface area (Å²) < 4.78 is 40.4. The molecule has 120 valence electrons. The van der Waals surface area contributed by atoms with Gasteiger partial charge in [-0.3, -0.25) is 9.59 Å². The number of aliphatic carboxylic acids is 1. The number of likely N-dealkylation sites (tertiary alicyclic amines) is 1. The normalized spacial score (nSPS) is 21.0. The minimum absolute atomic E-state index is 0.205. The van der Waals surface area contributed by atoms with Gasteiger partial charge in [-0.2, -0.15) is 0 Å². The zero-order valence-electron chi connectivity index (χ0n) is 12.2. The molecule has 1 aromatic rings. The molecule has 0 radical (unpaired) electrons. The van der Waals surface area contributed by atoms with Gasteiger partial charge in [0.15, 0.2) is 17.5 Å². The second-order valence-corrected chi connectivity index (χ2v) is 6.03. The fraction of sp³-hybridized carbons (Fsp3) is 0.467. The molecule has 2 rings (SSSR count). The van der Waals surface area contributed by atoms with E-state index in [1.165, 1.54) is 0 Å². The van der Waals surface area contributed by atoms with Crippen molar-refractivity contribution in [3.05, 3.63) is 35.1 Å². The number of carbonyl (C=O) groups is 2. The van der Waals surface area contributed by atoms with Crippen molar-refractivity contribution in [3.63, 3.8) is 0 Å². The van der Waals surface area contributed by atoms with E-state index in [0.717, 1.165) is 17.0 Å². The summed E-state index contributed by atoms with van der Waals surface area (Å²) in [6.07, 6.45) is 0.666. The highest BCUT2D eigenvalue weighted by molar-refractivity contribution is 5.86. The maximum absolute atomic E-state index is 14.0. The highest BCUT2D eigenvalue weighted by atomic mass is 19.2. The third kappa shape index (κ3) is 2.80. The standard InChI is InChI=1S/C15H16F3NO3/c1-15(2)6-5-10(19(14(15)22)7-11(20)21)8-3-4-9(16)13(18)12(8)17/h3-4,10H,5-7H2,1-2H3,(H,20,21). The Morgan fingerprint density at radius 2 is 1.95 bits per heavy atom. The van der Waals surface area contributed by atoms with E-state index < -0.39 is 47.3 Å². The smallest absolute Gasteiger partial charge is 0.323 e. The third-order valence-corrected chi connectivity index (χ3v) is 3.99. The number of amides is 1. The summed E-state index contributed by atoms with van der Waals surface area (Å²) in [6, 6.07) is 0.905. The van der Waals surface area contributed by atoms with E-state index in [4.69, 9.17) is 5.11 Å². The number of carboxylic acid groups (broad SMARTS) is 1. The first-order valence-corrected chi connectivity index (χ1v) is 6.81. The SMILES string of the molecule is CC1(C)CCC(c2ccc(F)c(F)c2F)N(CC(=O)O)C1=O. The summed E-state index contributed by atoms with van der Waals surface area (Å²) in [5, 5.41) is 8.96. The average molecular weight is 315 g/mol. The van der Waals surface area contributed by atoms with Crippen LogP contribution < -0.4 is 0 Å². The number of nitrogens with zero attached hydrogens (tertiary/aromatic N) is 1. The Labute approximate surface area is 125 Å². The lowest BCUT2D eigenvalue weighted by molar-refractivity contribution is -0.155. The first-order valence-electron chi connectivity index (χ1n) is 6.81. The monoisotopic (exact) mass is 315 g/mol. The molecule has 1 aliphatic heterocycles. The van der Waals surface area contributed by atoms with Gasteiger partial charge in [0.05, 0.1) is 6.04 Å². The van der Waals surface area contributed by atoms with Crippen LogP contribution in [0.25, 0.3) is 0 Å². The molecule has 0 saturated carbocycles. The van der Waals surface area contributed by atoms with E-state index in [1.807, 2.05) is 0 Å². The predicted molar refractivity (Wildman–Crippen MR) is 71.4 cm³/mol. The topological polar surface area (TPSA) is 57.6 Å². The first-order chi connectivity index (χ1) is 10.1. The fourth-order valence-electron chi connectivity index (χ4n) is 2.74. The van der Waals surface area contributed by atoms with Crippen molar-refractivity contribution in [1.82, 2.24) is 4.90 Å². The number of hydrogen-bond acceptors (Lipinski definition) is 2. The van der Waals surface area contributed by atoms with Crippen molar-refractivity contribution in [2.24, 2.45) is 5.41 Å². The minimum atomic E-state index is -1.62. The summed E-state index contributed by atoms with van der Waals surface area (Å²) in [5.74, 6) is -6.03. The van der Waals surface area contributed by atoms with E-state index >= 15 is 0 Å². The van der Waals surface area contributed by atoms with Crippen molar-refractivity contribution in [1.29, 1.82) is 0 Å². The Kier molecular flexibility index (Phi) is 4.17. The van der Waals surface area contributed by atoms with Crippen molar-refractivity contribution in [2.75, 3.05) is 6.54 Å². The lowest BCUT2D eigenvalue weighted by Crippen LogP contribution is -2.49. The van der Waals surface area contributed by atoms with Crippen LogP contribution in [0.15, 0.2) is 12.1 Å². The number of halogens is 3. The van der Waals surface area contributed by atoms with Gasteiger partial charge in [0.2, 0.25) is 5.91 Å². The molecule has 1 aromatic carbocycles. The van der Waals surface area contributed by atoms with E-state index in [1.54, 1.807) is 13.8 Å². The molecule has 0 spiro atoms. The highest BCUT2D eigenvalue weighted by Gasteiger charge is 2.43. The molecule has 22 heavy (non-hydrogen) atoms. The second-order valence-electron chi connectivity index (χ2n) is 6.03. The van der Waals surface area contributed by atoms with Gasteiger partial charge >= 0.3 is 5.97 Å². The zero-order valence-corrected chi connectivity index (χ0v) is 12.2. The van der Waals surface area contributed by atoms with Crippen LogP contribution in [0.2, 0.25) is 0 Å². The third-order valence-electron chi connectivity index (χ3n) is 3.99. The van der Waals surface area contributed by atoms with Crippen LogP contribution in [0.3, 0.4) is 0 Å². The molecule has 1 aliphatic rings. The largest absolute Gasteiger partial charge is 0.480 e. The van der Waals surface area contributed by atoms with Crippen LogP contribution in [0, 0.1) is 22.9 Å². The Balaban J connectivity index is 2.46. The maximum atomic E-state index is 14.0. The predicted octanol–water partition coefficient (Wildman–Crippen LogP) is 2.88. The Bertz CT molecular complexity index is 631. The summed E-state index contributed by atoms with van der Waals surface area (Å²) in [5.41, 5.74) is -0.981. The van der Waals surface area contributed by atoms with Gasteiger partial charge < -0.3 is 10.0 Å². The van der Waals surface area contributed by atoms with Crippen LogP contribution in [-0.4, -0.2) is 28.4 Å². The van der Waals surface area contributed by atoms with Crippen LogP contribution >= 0.6 is 0 Å². The number of carbonyl (C=O) groups excluding carboxylic acids is 1. The van der Waals surface area contributed by atoms with Gasteiger partial charge in [-0.15, -0.1) is 0 Å². The van der Waals surface area contributed by atoms with Gasteiger partial charge in [-0.05, 0) is 18.9 Å². The van der Waals surface area contributed by atoms with Crippen LogP contribution in [0.5, 0.6) is 0 Å². The van der Waals surface area contributed by atoms with Crippen molar-refractivity contribution >= 4 is 11.9 Å². The summed E-state index contributed by atoms with van der Waals surface area (Å²) in [4.78, 5) is 24.4. The molecular formula is C15H16F3NO3. The van der Waals surface area contributed by atoms with Gasteiger partial charge in [-0.1, -0.05) is 19.9 Å². The molecule has 1 N–H and O–H groups in total. The number of rotatable bonds is 3. The Hall–Kier alpha value is -2.05. The molecule has 0 aromatic heterocycles. The molecule has 1 fully saturated rings. The number of hydrogen-bond donors (Lipinski definition) is 1. The Morgan fingerprint density at radius 3 is 2.55 bits per heavy atom. The molecule has 1 heterocycles. The Morgan fingerprint density at radius 1 is 1.32 bits per heavy atom. The minimum Gasteiger partial charge on any atom is -0.480 e. The first kappa shape index (κ1) is 16.3. The lowest BCUT2D eigenvalue weighted by atomic mass is 9.78. The van der Waals surface area contributed by atoms with Gasteiger partial charge in [-0.25, -0.2) is 13.2 Å². The molecule has 1 atom stereocenters. The quantitative estimate of drug-likeness (QED) is 0.873. The van der Waals surface area contributed by atoms with Crippen molar-refractivity contribution in [3.8, 4) is 0 Å². The fourth-order valence-corrected chi connectivity index (χ4v) is 2.74. The van der Waals surface area contributed by atoms with Crippen LogP contribution in [0.1, 0.15) is 38.3 Å². The second kappa shape index (κ2) is 5.62. The van der Waals surface area contributed by atoms with Gasteiger partial charge in [0.25, 0.3) is 0 Å².